The van der Waals surface area contributed by atoms with Crippen molar-refractivity contribution in [1.82, 2.24) is 4.90 Å². The maximum Gasteiger partial charge on any atom is 0.433 e. The van der Waals surface area contributed by atoms with Gasteiger partial charge in [-0.25, -0.2) is 0 Å². The molecular weight excluding hydrogens is 252 g/mol. The van der Waals surface area contributed by atoms with Crippen molar-refractivity contribution in [2.75, 3.05) is 19.7 Å². The monoisotopic (exact) mass is 268 g/mol. The van der Waals surface area contributed by atoms with Gasteiger partial charge in [-0.1, -0.05) is 0 Å². The first kappa shape index (κ1) is 13.5. The normalized spacial score (nSPS) is 18.5. The number of nitrogens with zero attached hydrogens (tertiary/aromatic N) is 2. The molecule has 0 bridgehead atoms. The maximum atomic E-state index is 12.2. The molecule has 1 aliphatic heterocycles. The molecule has 104 valence electrons. The van der Waals surface area contributed by atoms with Crippen LogP contribution in [0.4, 0.5) is 5.88 Å². The molecule has 1 amide bonds. The van der Waals surface area contributed by atoms with Crippen molar-refractivity contribution in [2.24, 2.45) is 0 Å². The van der Waals surface area contributed by atoms with E-state index in [2.05, 4.69) is 0 Å². The average Bonchev–Trinajstić information content (AvgIpc) is 3.06. The standard InChI is InChI=1S/C12H16N2O5/c1-2-13(8-9-4-3-7-18-9)12(15)10-5-6-11(19-10)14(16)17/h5-6,9H,2-4,7-8H2,1H3/t9-/m0/s1. The van der Waals surface area contributed by atoms with E-state index in [1.54, 1.807) is 4.90 Å². The molecule has 1 fully saturated rings. The fourth-order valence-electron chi connectivity index (χ4n) is 2.09. The summed E-state index contributed by atoms with van der Waals surface area (Å²) in [6.45, 7) is 3.57. The van der Waals surface area contributed by atoms with Crippen LogP contribution in [0.15, 0.2) is 16.5 Å². The van der Waals surface area contributed by atoms with Crippen molar-refractivity contribution < 1.29 is 18.9 Å². The topological polar surface area (TPSA) is 85.8 Å². The summed E-state index contributed by atoms with van der Waals surface area (Å²) >= 11 is 0. The van der Waals surface area contributed by atoms with Crippen molar-refractivity contribution in [3.63, 3.8) is 0 Å². The fraction of sp³-hybridized carbons (Fsp3) is 0.583. The second-order valence-corrected chi connectivity index (χ2v) is 4.37. The molecule has 7 heteroatoms. The van der Waals surface area contributed by atoms with Gasteiger partial charge in [0.05, 0.1) is 12.2 Å². The molecule has 0 N–H and O–H groups in total. The van der Waals surface area contributed by atoms with Crippen molar-refractivity contribution in [3.05, 3.63) is 28.0 Å². The lowest BCUT2D eigenvalue weighted by Crippen LogP contribution is -2.37. The van der Waals surface area contributed by atoms with Crippen LogP contribution in [-0.4, -0.2) is 41.5 Å². The first-order valence-electron chi connectivity index (χ1n) is 6.27. The number of amides is 1. The number of ether oxygens (including phenoxy) is 1. The Kier molecular flexibility index (Phi) is 4.16. The van der Waals surface area contributed by atoms with Gasteiger partial charge >= 0.3 is 5.88 Å². The van der Waals surface area contributed by atoms with Gasteiger partial charge in [-0.2, -0.15) is 0 Å². The summed E-state index contributed by atoms with van der Waals surface area (Å²) in [4.78, 5) is 23.6. The van der Waals surface area contributed by atoms with E-state index in [9.17, 15) is 14.9 Å². The van der Waals surface area contributed by atoms with E-state index < -0.39 is 10.8 Å². The highest BCUT2D eigenvalue weighted by atomic mass is 16.6. The van der Waals surface area contributed by atoms with Crippen LogP contribution in [0.1, 0.15) is 30.3 Å². The van der Waals surface area contributed by atoms with Crippen LogP contribution in [-0.2, 0) is 4.74 Å². The van der Waals surface area contributed by atoms with Crippen LogP contribution in [0, 0.1) is 10.1 Å². The lowest BCUT2D eigenvalue weighted by molar-refractivity contribution is -0.402. The predicted octanol–water partition coefficient (Wildman–Crippen LogP) is 1.83. The molecule has 0 aliphatic carbocycles. The zero-order chi connectivity index (χ0) is 13.8. The summed E-state index contributed by atoms with van der Waals surface area (Å²) in [5.41, 5.74) is 0. The van der Waals surface area contributed by atoms with Crippen LogP contribution in [0.2, 0.25) is 0 Å². The first-order chi connectivity index (χ1) is 9.11. The van der Waals surface area contributed by atoms with Crippen LogP contribution in [0.3, 0.4) is 0 Å². The number of carbonyl (C=O) groups is 1. The molecule has 0 saturated carbocycles. The maximum absolute atomic E-state index is 12.2. The quantitative estimate of drug-likeness (QED) is 0.600. The third kappa shape index (κ3) is 3.11. The van der Waals surface area contributed by atoms with Gasteiger partial charge in [0, 0.05) is 19.7 Å². The van der Waals surface area contributed by atoms with Crippen LogP contribution in [0.5, 0.6) is 0 Å². The van der Waals surface area contributed by atoms with Gasteiger partial charge in [0.1, 0.15) is 4.92 Å². The summed E-state index contributed by atoms with van der Waals surface area (Å²) < 4.78 is 10.4. The van der Waals surface area contributed by atoms with E-state index in [0.29, 0.717) is 13.1 Å². The van der Waals surface area contributed by atoms with Crippen molar-refractivity contribution in [1.29, 1.82) is 0 Å². The smallest absolute Gasteiger partial charge is 0.395 e. The van der Waals surface area contributed by atoms with Gasteiger partial charge in [0.15, 0.2) is 5.76 Å². The van der Waals surface area contributed by atoms with Gasteiger partial charge < -0.3 is 14.1 Å². The largest absolute Gasteiger partial charge is 0.433 e. The molecule has 1 aromatic rings. The molecule has 0 unspecified atom stereocenters. The van der Waals surface area contributed by atoms with E-state index in [-0.39, 0.29) is 17.8 Å². The Balaban J connectivity index is 2.04. The number of hydrogen-bond donors (Lipinski definition) is 0. The molecule has 0 aromatic carbocycles. The second kappa shape index (κ2) is 5.83. The third-order valence-electron chi connectivity index (χ3n) is 3.10. The molecule has 7 nitrogen and oxygen atoms in total. The number of nitro groups is 1. The SMILES string of the molecule is CCN(C[C@@H]1CCCO1)C(=O)c1ccc([N+](=O)[O-])o1. The minimum Gasteiger partial charge on any atom is -0.395 e. The van der Waals surface area contributed by atoms with Crippen LogP contribution < -0.4 is 0 Å². The number of carbonyl (C=O) groups excluding carboxylic acids is 1. The number of furan rings is 1. The Morgan fingerprint density at radius 1 is 1.58 bits per heavy atom. The Morgan fingerprint density at radius 2 is 2.37 bits per heavy atom. The molecule has 2 heterocycles. The van der Waals surface area contributed by atoms with E-state index in [1.807, 2.05) is 6.92 Å². The van der Waals surface area contributed by atoms with E-state index in [1.165, 1.54) is 12.1 Å². The minimum absolute atomic E-state index is 0.00783. The molecule has 1 aromatic heterocycles. The molecule has 2 rings (SSSR count). The fourth-order valence-corrected chi connectivity index (χ4v) is 2.09. The highest BCUT2D eigenvalue weighted by Crippen LogP contribution is 2.19. The molecule has 1 saturated heterocycles. The highest BCUT2D eigenvalue weighted by Gasteiger charge is 2.25. The minimum atomic E-state index is -0.660. The molecule has 19 heavy (non-hydrogen) atoms. The Morgan fingerprint density at radius 3 is 2.89 bits per heavy atom. The molecule has 1 aliphatic rings. The third-order valence-corrected chi connectivity index (χ3v) is 3.10. The Bertz CT molecular complexity index is 464. The first-order valence-corrected chi connectivity index (χ1v) is 6.27. The zero-order valence-electron chi connectivity index (χ0n) is 10.7. The van der Waals surface area contributed by atoms with Crippen LogP contribution in [0.25, 0.3) is 0 Å². The van der Waals surface area contributed by atoms with Gasteiger partial charge in [-0.05, 0) is 25.8 Å². The Hall–Kier alpha value is -1.89. The van der Waals surface area contributed by atoms with Gasteiger partial charge in [0.25, 0.3) is 5.91 Å². The lowest BCUT2D eigenvalue weighted by Gasteiger charge is -2.22. The average molecular weight is 268 g/mol. The molecule has 0 spiro atoms. The number of likely N-dealkylation sites (N-methyl/N-ethyl adjacent to an activating group) is 1. The number of hydrogen-bond acceptors (Lipinski definition) is 5. The zero-order valence-corrected chi connectivity index (χ0v) is 10.7. The molecule has 1 atom stereocenters. The number of rotatable bonds is 5. The summed E-state index contributed by atoms with van der Waals surface area (Å²) in [5.74, 6) is -0.769. The Labute approximate surface area is 110 Å². The molecular formula is C12H16N2O5. The van der Waals surface area contributed by atoms with Gasteiger partial charge in [-0.3, -0.25) is 14.9 Å². The summed E-state index contributed by atoms with van der Waals surface area (Å²) in [6.07, 6.45) is 1.99. The van der Waals surface area contributed by atoms with Crippen molar-refractivity contribution in [2.45, 2.75) is 25.9 Å². The van der Waals surface area contributed by atoms with Gasteiger partial charge in [0.2, 0.25) is 0 Å². The van der Waals surface area contributed by atoms with E-state index in [0.717, 1.165) is 19.4 Å². The summed E-state index contributed by atoms with van der Waals surface area (Å²) in [7, 11) is 0. The van der Waals surface area contributed by atoms with Crippen molar-refractivity contribution in [3.8, 4) is 0 Å². The lowest BCUT2D eigenvalue weighted by atomic mass is 10.2. The van der Waals surface area contributed by atoms with E-state index >= 15 is 0 Å². The van der Waals surface area contributed by atoms with Gasteiger partial charge in [-0.15, -0.1) is 0 Å². The summed E-state index contributed by atoms with van der Waals surface area (Å²) in [6, 6.07) is 2.52. The molecule has 0 radical (unpaired) electrons. The summed E-state index contributed by atoms with van der Waals surface area (Å²) in [5, 5.41) is 10.5. The van der Waals surface area contributed by atoms with Crippen LogP contribution >= 0.6 is 0 Å². The predicted molar refractivity (Wildman–Crippen MR) is 65.9 cm³/mol. The van der Waals surface area contributed by atoms with E-state index in [4.69, 9.17) is 9.15 Å². The van der Waals surface area contributed by atoms with Crippen molar-refractivity contribution >= 4 is 11.8 Å². The highest BCUT2D eigenvalue weighted by molar-refractivity contribution is 5.91. The second-order valence-electron chi connectivity index (χ2n) is 4.37.